The molecule has 0 aromatic heterocycles. The van der Waals surface area contributed by atoms with Gasteiger partial charge in [0.1, 0.15) is 0 Å². The van der Waals surface area contributed by atoms with Crippen molar-refractivity contribution in [3.05, 3.63) is 35.4 Å². The highest BCUT2D eigenvalue weighted by Crippen LogP contribution is 2.44. The highest BCUT2D eigenvalue weighted by Gasteiger charge is 2.33. The third kappa shape index (κ3) is 2.45. The van der Waals surface area contributed by atoms with Crippen molar-refractivity contribution in [2.24, 2.45) is 10.7 Å². The summed E-state index contributed by atoms with van der Waals surface area (Å²) in [5.41, 5.74) is 8.89. The van der Waals surface area contributed by atoms with Crippen molar-refractivity contribution >= 4 is 5.96 Å². The first-order valence-corrected chi connectivity index (χ1v) is 6.95. The van der Waals surface area contributed by atoms with Crippen LogP contribution in [-0.2, 0) is 4.74 Å². The van der Waals surface area contributed by atoms with E-state index in [-0.39, 0.29) is 6.04 Å². The lowest BCUT2D eigenvalue weighted by molar-refractivity contribution is 0.166. The number of hydrogen-bond donors (Lipinski definition) is 1. The van der Waals surface area contributed by atoms with E-state index in [2.05, 4.69) is 34.2 Å². The number of nitrogens with zero attached hydrogens (tertiary/aromatic N) is 2. The second-order valence-electron chi connectivity index (χ2n) is 5.30. The van der Waals surface area contributed by atoms with Crippen LogP contribution in [0.4, 0.5) is 0 Å². The van der Waals surface area contributed by atoms with E-state index in [4.69, 9.17) is 10.5 Å². The van der Waals surface area contributed by atoms with Crippen LogP contribution in [0.5, 0.6) is 0 Å². The first kappa shape index (κ1) is 12.5. The van der Waals surface area contributed by atoms with Gasteiger partial charge in [0, 0.05) is 13.7 Å². The molecule has 0 bridgehead atoms. The van der Waals surface area contributed by atoms with Crippen LogP contribution in [0.2, 0.25) is 0 Å². The lowest BCUT2D eigenvalue weighted by atomic mass is 9.96. The maximum absolute atomic E-state index is 6.01. The molecular weight excluding hydrogens is 238 g/mol. The van der Waals surface area contributed by atoms with Crippen molar-refractivity contribution in [1.29, 1.82) is 0 Å². The van der Waals surface area contributed by atoms with Crippen molar-refractivity contribution in [2.45, 2.75) is 24.8 Å². The molecule has 1 atom stereocenters. The predicted octanol–water partition coefficient (Wildman–Crippen LogP) is 1.88. The third-order valence-corrected chi connectivity index (χ3v) is 4.01. The summed E-state index contributed by atoms with van der Waals surface area (Å²) in [6.07, 6.45) is 2.64. The van der Waals surface area contributed by atoms with Gasteiger partial charge in [0.15, 0.2) is 5.96 Å². The topological polar surface area (TPSA) is 50.9 Å². The molecule has 2 N–H and O–H groups in total. The van der Waals surface area contributed by atoms with E-state index in [1.165, 1.54) is 24.0 Å². The predicted molar refractivity (Wildman–Crippen MR) is 76.2 cm³/mol. The average molecular weight is 259 g/mol. The SMILES string of the molecule is COCCN1C(N)=NCC1c1ccccc1C1CC1. The van der Waals surface area contributed by atoms with Crippen molar-refractivity contribution in [3.63, 3.8) is 0 Å². The Morgan fingerprint density at radius 1 is 1.32 bits per heavy atom. The molecule has 1 heterocycles. The summed E-state index contributed by atoms with van der Waals surface area (Å²) in [7, 11) is 1.72. The fraction of sp³-hybridized carbons (Fsp3) is 0.533. The van der Waals surface area contributed by atoms with Gasteiger partial charge in [-0.1, -0.05) is 24.3 Å². The van der Waals surface area contributed by atoms with Gasteiger partial charge >= 0.3 is 0 Å². The number of methoxy groups -OCH3 is 1. The molecule has 4 nitrogen and oxygen atoms in total. The first-order chi connectivity index (χ1) is 9.31. The molecule has 0 saturated heterocycles. The Balaban J connectivity index is 1.85. The normalized spacial score (nSPS) is 22.7. The Morgan fingerprint density at radius 3 is 2.74 bits per heavy atom. The zero-order chi connectivity index (χ0) is 13.2. The van der Waals surface area contributed by atoms with Crippen LogP contribution in [0.15, 0.2) is 29.3 Å². The summed E-state index contributed by atoms with van der Waals surface area (Å²) in [6, 6.07) is 9.02. The quantitative estimate of drug-likeness (QED) is 0.878. The van der Waals surface area contributed by atoms with Crippen molar-refractivity contribution in [2.75, 3.05) is 26.8 Å². The van der Waals surface area contributed by atoms with Gasteiger partial charge in [0.2, 0.25) is 0 Å². The molecule has 0 spiro atoms. The molecule has 0 amide bonds. The summed E-state index contributed by atoms with van der Waals surface area (Å²) in [6.45, 7) is 2.24. The number of nitrogens with two attached hydrogens (primary N) is 1. The molecule has 1 aliphatic heterocycles. The second-order valence-corrected chi connectivity index (χ2v) is 5.30. The van der Waals surface area contributed by atoms with Gasteiger partial charge in [-0.05, 0) is 29.9 Å². The molecule has 3 rings (SSSR count). The number of guanidine groups is 1. The van der Waals surface area contributed by atoms with Gasteiger partial charge in [0.25, 0.3) is 0 Å². The fourth-order valence-corrected chi connectivity index (χ4v) is 2.84. The van der Waals surface area contributed by atoms with Crippen LogP contribution in [-0.4, -0.2) is 37.7 Å². The van der Waals surface area contributed by atoms with E-state index < -0.39 is 0 Å². The monoisotopic (exact) mass is 259 g/mol. The number of rotatable bonds is 5. The summed E-state index contributed by atoms with van der Waals surface area (Å²) in [5.74, 6) is 1.40. The number of ether oxygens (including phenoxy) is 1. The molecule has 4 heteroatoms. The van der Waals surface area contributed by atoms with Gasteiger partial charge in [-0.15, -0.1) is 0 Å². The smallest absolute Gasteiger partial charge is 0.192 e. The van der Waals surface area contributed by atoms with E-state index in [0.717, 1.165) is 19.0 Å². The fourth-order valence-electron chi connectivity index (χ4n) is 2.84. The maximum Gasteiger partial charge on any atom is 0.192 e. The van der Waals surface area contributed by atoms with Gasteiger partial charge in [0.05, 0.1) is 19.2 Å². The van der Waals surface area contributed by atoms with Crippen LogP contribution >= 0.6 is 0 Å². The summed E-state index contributed by atoms with van der Waals surface area (Å²) in [5, 5.41) is 0. The Morgan fingerprint density at radius 2 is 2.05 bits per heavy atom. The van der Waals surface area contributed by atoms with E-state index >= 15 is 0 Å². The van der Waals surface area contributed by atoms with Crippen molar-refractivity contribution in [3.8, 4) is 0 Å². The molecule has 1 unspecified atom stereocenters. The third-order valence-electron chi connectivity index (χ3n) is 4.01. The Hall–Kier alpha value is -1.55. The summed E-state index contributed by atoms with van der Waals surface area (Å²) >= 11 is 0. The molecule has 1 aromatic rings. The molecule has 2 aliphatic rings. The van der Waals surface area contributed by atoms with Crippen molar-refractivity contribution in [1.82, 2.24) is 4.90 Å². The van der Waals surface area contributed by atoms with Crippen LogP contribution in [0, 0.1) is 0 Å². The van der Waals surface area contributed by atoms with Gasteiger partial charge in [-0.2, -0.15) is 0 Å². The van der Waals surface area contributed by atoms with E-state index in [1.807, 2.05) is 0 Å². The maximum atomic E-state index is 6.01. The molecule has 0 radical (unpaired) electrons. The van der Waals surface area contributed by atoms with Crippen LogP contribution in [0.3, 0.4) is 0 Å². The minimum atomic E-state index is 0.284. The molecular formula is C15H21N3O. The molecule has 1 aromatic carbocycles. The second kappa shape index (κ2) is 5.21. The minimum absolute atomic E-state index is 0.284. The summed E-state index contributed by atoms with van der Waals surface area (Å²) < 4.78 is 5.17. The van der Waals surface area contributed by atoms with Crippen LogP contribution in [0.1, 0.15) is 35.9 Å². The Kier molecular flexibility index (Phi) is 3.42. The minimum Gasteiger partial charge on any atom is -0.383 e. The highest BCUT2D eigenvalue weighted by molar-refractivity contribution is 5.80. The van der Waals surface area contributed by atoms with Crippen molar-refractivity contribution < 1.29 is 4.74 Å². The van der Waals surface area contributed by atoms with Crippen LogP contribution in [0.25, 0.3) is 0 Å². The largest absolute Gasteiger partial charge is 0.383 e. The molecule has 1 saturated carbocycles. The van der Waals surface area contributed by atoms with E-state index in [0.29, 0.717) is 12.6 Å². The molecule has 1 fully saturated rings. The Bertz CT molecular complexity index is 482. The van der Waals surface area contributed by atoms with Gasteiger partial charge in [-0.25, -0.2) is 0 Å². The Labute approximate surface area is 114 Å². The summed E-state index contributed by atoms with van der Waals surface area (Å²) in [4.78, 5) is 6.59. The zero-order valence-electron chi connectivity index (χ0n) is 11.4. The molecule has 19 heavy (non-hydrogen) atoms. The molecule has 102 valence electrons. The van der Waals surface area contributed by atoms with Gasteiger partial charge < -0.3 is 15.4 Å². The average Bonchev–Trinajstić information content (AvgIpc) is 3.21. The van der Waals surface area contributed by atoms with Gasteiger partial charge in [-0.3, -0.25) is 4.99 Å². The zero-order valence-corrected chi connectivity index (χ0v) is 11.4. The first-order valence-electron chi connectivity index (χ1n) is 6.95. The number of aliphatic imine (C=N–C) groups is 1. The van der Waals surface area contributed by atoms with E-state index in [9.17, 15) is 0 Å². The molecule has 1 aliphatic carbocycles. The standard InChI is InChI=1S/C15H21N3O/c1-19-9-8-18-14(10-17-15(18)16)13-5-3-2-4-12(13)11-6-7-11/h2-5,11,14H,6-10H2,1H3,(H2,16,17). The lowest BCUT2D eigenvalue weighted by Gasteiger charge is -2.27. The van der Waals surface area contributed by atoms with Crippen LogP contribution < -0.4 is 5.73 Å². The highest BCUT2D eigenvalue weighted by atomic mass is 16.5. The van der Waals surface area contributed by atoms with E-state index in [1.54, 1.807) is 7.11 Å². The number of hydrogen-bond acceptors (Lipinski definition) is 4. The number of benzene rings is 1. The lowest BCUT2D eigenvalue weighted by Crippen LogP contribution is -2.38.